The normalized spacial score (nSPS) is 38.2. The third kappa shape index (κ3) is 16.0. The molecule has 0 aromatic rings. The van der Waals surface area contributed by atoms with Crippen LogP contribution in [0.2, 0.25) is 0 Å². The number of hydrogen-bond donors (Lipinski definition) is 14. The fourth-order valence-corrected chi connectivity index (χ4v) is 8.18. The first-order chi connectivity index (χ1) is 34.6. The van der Waals surface area contributed by atoms with Gasteiger partial charge in [0.25, 0.3) is 11.8 Å². The number of carbonyl (C=O) groups is 6. The number of imide groups is 1. The molecular formula is C42H67N3O28. The van der Waals surface area contributed by atoms with E-state index in [1.165, 1.54) is 6.92 Å². The van der Waals surface area contributed by atoms with Crippen molar-refractivity contribution in [1.82, 2.24) is 15.3 Å². The second-order valence-corrected chi connectivity index (χ2v) is 18.0. The molecule has 5 aliphatic heterocycles. The summed E-state index contributed by atoms with van der Waals surface area (Å²) in [7, 11) is 0. The predicted octanol–water partition coefficient (Wildman–Crippen LogP) is -9.98. The Kier molecular flexibility index (Phi) is 23.2. The van der Waals surface area contributed by atoms with Crippen molar-refractivity contribution in [3.05, 3.63) is 0 Å². The van der Waals surface area contributed by atoms with Crippen LogP contribution >= 0.6 is 0 Å². The van der Waals surface area contributed by atoms with E-state index in [-0.39, 0.29) is 38.8 Å². The maximum absolute atomic E-state index is 13.3. The number of nitrogens with one attached hydrogen (secondary N) is 1. The van der Waals surface area contributed by atoms with Gasteiger partial charge in [0.15, 0.2) is 25.2 Å². The summed E-state index contributed by atoms with van der Waals surface area (Å²) in [5, 5.41) is 137. The number of aliphatic hydroxyl groups is 13. The number of hydrogen-bond acceptors (Lipinski definition) is 29. The Morgan fingerprint density at radius 2 is 1.08 bits per heavy atom. The van der Waals surface area contributed by atoms with E-state index in [9.17, 15) is 95.2 Å². The van der Waals surface area contributed by atoms with Gasteiger partial charge >= 0.3 is 5.97 Å². The van der Waals surface area contributed by atoms with E-state index >= 15 is 0 Å². The second-order valence-electron chi connectivity index (χ2n) is 18.0. The van der Waals surface area contributed by atoms with Gasteiger partial charge in [0.2, 0.25) is 5.91 Å². The highest BCUT2D eigenvalue weighted by Crippen LogP contribution is 2.31. The van der Waals surface area contributed by atoms with Gasteiger partial charge in [0.05, 0.1) is 65.2 Å². The van der Waals surface area contributed by atoms with Crippen molar-refractivity contribution in [2.75, 3.05) is 59.2 Å². The quantitative estimate of drug-likeness (QED) is 0.0282. The molecule has 0 spiro atoms. The molecule has 20 atom stereocenters. The molecule has 5 heterocycles. The lowest BCUT2D eigenvalue weighted by atomic mass is 9.96. The lowest BCUT2D eigenvalue weighted by Crippen LogP contribution is -2.65. The van der Waals surface area contributed by atoms with Gasteiger partial charge in [-0.1, -0.05) is 0 Å². The Balaban J connectivity index is 1.19. The number of carbonyl (C=O) groups excluding carboxylic acids is 6. The van der Waals surface area contributed by atoms with Crippen LogP contribution in [0.25, 0.3) is 0 Å². The van der Waals surface area contributed by atoms with Gasteiger partial charge < -0.3 is 114 Å². The molecule has 5 saturated heterocycles. The summed E-state index contributed by atoms with van der Waals surface area (Å²) in [5.41, 5.74) is 0. The summed E-state index contributed by atoms with van der Waals surface area (Å²) < 4.78 is 44.1. The van der Waals surface area contributed by atoms with E-state index in [1.807, 2.05) is 0 Å². The van der Waals surface area contributed by atoms with E-state index in [1.54, 1.807) is 0 Å². The lowest BCUT2D eigenvalue weighted by Gasteiger charge is -2.46. The maximum atomic E-state index is 13.3. The smallest absolute Gasteiger partial charge is 0.333 e. The number of hydroxylamine groups is 2. The molecular weight excluding hydrogens is 994 g/mol. The Morgan fingerprint density at radius 1 is 0.575 bits per heavy atom. The SMILES string of the molecule is C[C@@H]1O[C@@H](OCCCC(=O)CN(CC(=O)CCC(=O)ON2C(=O)CCC2=O)CC(=O)NCCO[C@H]2O[C@H](CO[C@H]3O[C@H](CO)[C@@H](O)[C@H](O)[C@@H]3O)[C@@H](O)[C@H](O[C@H]3O[C@H](CO)[C@@H](O)[C@H](O)[C@@H]3O)[C@@H]2O)[C@@H](O)[C@H](O)[C@@H]1O. The van der Waals surface area contributed by atoms with Gasteiger partial charge in [-0.25, -0.2) is 4.79 Å². The summed E-state index contributed by atoms with van der Waals surface area (Å²) in [6.45, 7) is -3.60. The van der Waals surface area contributed by atoms with Crippen LogP contribution in [0.3, 0.4) is 0 Å². The molecule has 0 unspecified atom stereocenters. The zero-order chi connectivity index (χ0) is 53.8. The molecule has 31 heteroatoms. The van der Waals surface area contributed by atoms with Crippen molar-refractivity contribution >= 4 is 35.3 Å². The summed E-state index contributed by atoms with van der Waals surface area (Å²) in [6.07, 6.45) is -35.0. The predicted molar refractivity (Wildman–Crippen MR) is 228 cm³/mol. The van der Waals surface area contributed by atoms with Crippen molar-refractivity contribution in [2.24, 2.45) is 0 Å². The number of ketones is 2. The van der Waals surface area contributed by atoms with Crippen molar-refractivity contribution in [2.45, 2.75) is 168 Å². The van der Waals surface area contributed by atoms with Crippen LogP contribution in [-0.2, 0) is 71.5 Å². The fraction of sp³-hybridized carbons (Fsp3) is 0.857. The van der Waals surface area contributed by atoms with E-state index in [2.05, 4.69) is 5.32 Å². The van der Waals surface area contributed by atoms with Gasteiger partial charge in [0.1, 0.15) is 103 Å². The Hall–Kier alpha value is -3.46. The molecule has 0 saturated carbocycles. The third-order valence-electron chi connectivity index (χ3n) is 12.4. The van der Waals surface area contributed by atoms with E-state index in [4.69, 9.17) is 42.7 Å². The van der Waals surface area contributed by atoms with Crippen LogP contribution < -0.4 is 5.32 Å². The number of rotatable bonds is 26. The number of Topliss-reactive ketones (excluding diaryl/α,β-unsaturated/α-hetero) is 2. The molecule has 5 rings (SSSR count). The highest BCUT2D eigenvalue weighted by atomic mass is 16.8. The molecule has 31 nitrogen and oxygen atoms in total. The van der Waals surface area contributed by atoms with Crippen molar-refractivity contribution in [3.8, 4) is 0 Å². The summed E-state index contributed by atoms with van der Waals surface area (Å²) in [5.74, 6) is -4.48. The Morgan fingerprint density at radius 3 is 1.68 bits per heavy atom. The first-order valence-corrected chi connectivity index (χ1v) is 23.5. The fourth-order valence-electron chi connectivity index (χ4n) is 8.18. The molecule has 0 radical (unpaired) electrons. The van der Waals surface area contributed by atoms with Crippen LogP contribution in [0.4, 0.5) is 0 Å². The minimum atomic E-state index is -2.00. The van der Waals surface area contributed by atoms with E-state index in [0.29, 0.717) is 5.06 Å². The highest BCUT2D eigenvalue weighted by Gasteiger charge is 2.52. The van der Waals surface area contributed by atoms with Crippen LogP contribution in [0.15, 0.2) is 0 Å². The number of amides is 3. The minimum Gasteiger partial charge on any atom is -0.394 e. The summed E-state index contributed by atoms with van der Waals surface area (Å²) in [4.78, 5) is 81.3. The van der Waals surface area contributed by atoms with Crippen LogP contribution in [-0.4, -0.2) is 294 Å². The summed E-state index contributed by atoms with van der Waals surface area (Å²) >= 11 is 0. The van der Waals surface area contributed by atoms with Gasteiger partial charge in [-0.15, -0.1) is 5.06 Å². The van der Waals surface area contributed by atoms with Gasteiger partial charge in [-0.05, 0) is 13.3 Å². The Bertz CT molecular complexity index is 1820. The van der Waals surface area contributed by atoms with E-state index < -0.39 is 217 Å². The van der Waals surface area contributed by atoms with Crippen LogP contribution in [0.1, 0.15) is 45.4 Å². The van der Waals surface area contributed by atoms with E-state index in [0.717, 1.165) is 4.90 Å². The standard InChI is InChI=1S/C42H67N3O28/c1-17-27(54)31(58)34(61)39(68-17)65-9-2-3-18(48)11-44(12-19(49)4-7-26(53)73-45-24(51)5-6-25(45)52)13-23(50)43-8-10-66-41-37(64)38(72-42-36(63)33(60)29(56)21(15-47)70-42)30(57)22(71-41)16-67-40-35(62)32(59)28(55)20(14-46)69-40/h17,20-22,27-42,46-47,54-64H,2-16H2,1H3,(H,43,50)/t17-,20+,21+,22+,27+,28+,29+,30+,31+,32-,33-,34-,35-,36-,37-,38-,39+,40-,41-,42+/m0/s1. The highest BCUT2D eigenvalue weighted by molar-refractivity contribution is 6.01. The van der Waals surface area contributed by atoms with Gasteiger partial charge in [-0.2, -0.15) is 0 Å². The third-order valence-corrected chi connectivity index (χ3v) is 12.4. The van der Waals surface area contributed by atoms with Gasteiger partial charge in [0, 0.05) is 32.2 Å². The molecule has 5 aliphatic rings. The lowest BCUT2D eigenvalue weighted by molar-refractivity contribution is -0.366. The first-order valence-electron chi connectivity index (χ1n) is 23.5. The second kappa shape index (κ2) is 28.1. The molecule has 418 valence electrons. The Labute approximate surface area is 415 Å². The molecule has 3 amide bonds. The molecule has 0 aromatic carbocycles. The largest absolute Gasteiger partial charge is 0.394 e. The van der Waals surface area contributed by atoms with Crippen molar-refractivity contribution in [3.63, 3.8) is 0 Å². The zero-order valence-electron chi connectivity index (χ0n) is 39.5. The molecule has 5 fully saturated rings. The summed E-state index contributed by atoms with van der Waals surface area (Å²) in [6, 6.07) is 0. The average molecular weight is 1060 g/mol. The zero-order valence-corrected chi connectivity index (χ0v) is 39.5. The molecule has 0 aliphatic carbocycles. The molecule has 0 bridgehead atoms. The number of aliphatic hydroxyl groups excluding tert-OH is 13. The van der Waals surface area contributed by atoms with Crippen molar-refractivity contribution in [1.29, 1.82) is 0 Å². The molecule has 0 aromatic heterocycles. The topological polar surface area (TPSA) is 467 Å². The maximum Gasteiger partial charge on any atom is 0.333 e. The van der Waals surface area contributed by atoms with Crippen LogP contribution in [0, 0.1) is 0 Å². The molecule has 14 N–H and O–H groups in total. The molecule has 73 heavy (non-hydrogen) atoms. The number of ether oxygens (including phenoxy) is 8. The minimum absolute atomic E-state index is 0.0464. The average Bonchev–Trinajstić information content (AvgIpc) is 3.67. The first kappa shape index (κ1) is 60.4. The van der Waals surface area contributed by atoms with Gasteiger partial charge in [-0.3, -0.25) is 28.9 Å². The monoisotopic (exact) mass is 1060 g/mol. The number of nitrogens with zero attached hydrogens (tertiary/aromatic N) is 2. The van der Waals surface area contributed by atoms with Crippen LogP contribution in [0.5, 0.6) is 0 Å². The van der Waals surface area contributed by atoms with Crippen molar-refractivity contribution < 1.29 is 138 Å².